The first-order chi connectivity index (χ1) is 12.3. The number of nitrogens with zero attached hydrogens (tertiary/aromatic N) is 1. The highest BCUT2D eigenvalue weighted by Gasteiger charge is 2.16. The molecule has 0 fully saturated rings. The van der Waals surface area contributed by atoms with Crippen LogP contribution in [0.4, 0.5) is 0 Å². The number of amides is 1. The minimum Gasteiger partial charge on any atom is -0.490 e. The second-order valence-corrected chi connectivity index (χ2v) is 5.56. The summed E-state index contributed by atoms with van der Waals surface area (Å²) in [6.07, 6.45) is 2.33. The number of hydrogen-bond acceptors (Lipinski definition) is 4. The quantitative estimate of drug-likeness (QED) is 0.689. The predicted molar refractivity (Wildman–Crippen MR) is 93.9 cm³/mol. The van der Waals surface area contributed by atoms with E-state index < -0.39 is 5.91 Å². The third kappa shape index (κ3) is 4.18. The average molecular weight is 334 g/mol. The van der Waals surface area contributed by atoms with Gasteiger partial charge >= 0.3 is 0 Å². The van der Waals surface area contributed by atoms with Crippen LogP contribution in [0.25, 0.3) is 6.08 Å². The summed E-state index contributed by atoms with van der Waals surface area (Å²) < 4.78 is 11.4. The van der Waals surface area contributed by atoms with Gasteiger partial charge in [-0.05, 0) is 17.7 Å². The van der Waals surface area contributed by atoms with Crippen LogP contribution in [0.15, 0.2) is 54.1 Å². The highest BCUT2D eigenvalue weighted by molar-refractivity contribution is 6.02. The molecule has 3 rings (SSSR count). The highest BCUT2D eigenvalue weighted by Crippen LogP contribution is 2.34. The number of nitrogens with one attached hydrogen (secondary N) is 1. The Balaban J connectivity index is 1.79. The van der Waals surface area contributed by atoms with E-state index in [1.54, 1.807) is 6.07 Å². The van der Waals surface area contributed by atoms with Crippen molar-refractivity contribution in [2.24, 2.45) is 0 Å². The van der Waals surface area contributed by atoms with Crippen molar-refractivity contribution in [1.82, 2.24) is 5.32 Å². The van der Waals surface area contributed by atoms with Crippen LogP contribution in [-0.2, 0) is 11.3 Å². The molecule has 1 heterocycles. The van der Waals surface area contributed by atoms with E-state index >= 15 is 0 Å². The topological polar surface area (TPSA) is 71.3 Å². The van der Waals surface area contributed by atoms with Crippen molar-refractivity contribution in [3.8, 4) is 17.6 Å². The molecule has 25 heavy (non-hydrogen) atoms. The Kier molecular flexibility index (Phi) is 5.32. The normalized spacial score (nSPS) is 13.5. The Labute approximate surface area is 146 Å². The van der Waals surface area contributed by atoms with Gasteiger partial charge in [-0.25, -0.2) is 0 Å². The van der Waals surface area contributed by atoms with Crippen LogP contribution in [-0.4, -0.2) is 19.1 Å². The first-order valence-electron chi connectivity index (χ1n) is 8.10. The zero-order valence-corrected chi connectivity index (χ0v) is 13.7. The lowest BCUT2D eigenvalue weighted by Crippen LogP contribution is -2.23. The lowest BCUT2D eigenvalue weighted by atomic mass is 10.1. The number of rotatable bonds is 4. The second kappa shape index (κ2) is 8.02. The maximum Gasteiger partial charge on any atom is 0.262 e. The molecule has 0 aliphatic carbocycles. The largest absolute Gasteiger partial charge is 0.490 e. The van der Waals surface area contributed by atoms with Crippen LogP contribution < -0.4 is 14.8 Å². The molecule has 0 saturated heterocycles. The fourth-order valence-corrected chi connectivity index (χ4v) is 2.51. The molecule has 126 valence electrons. The Morgan fingerprint density at radius 3 is 2.72 bits per heavy atom. The Bertz CT molecular complexity index is 823. The molecule has 2 aromatic rings. The molecule has 1 N–H and O–H groups in total. The van der Waals surface area contributed by atoms with Gasteiger partial charge in [0.1, 0.15) is 11.6 Å². The molecule has 0 unspecified atom stereocenters. The van der Waals surface area contributed by atoms with Gasteiger partial charge < -0.3 is 14.8 Å². The number of fused-ring (bicyclic) bond motifs is 1. The summed E-state index contributed by atoms with van der Waals surface area (Å²) in [5.41, 5.74) is 1.65. The number of carbonyl (C=O) groups excluding carboxylic acids is 1. The molecule has 2 aromatic carbocycles. The minimum atomic E-state index is -0.418. The van der Waals surface area contributed by atoms with Gasteiger partial charge in [0.05, 0.1) is 13.2 Å². The van der Waals surface area contributed by atoms with Crippen molar-refractivity contribution in [2.45, 2.75) is 13.0 Å². The van der Waals surface area contributed by atoms with Crippen molar-refractivity contribution >= 4 is 12.0 Å². The smallest absolute Gasteiger partial charge is 0.262 e. The van der Waals surface area contributed by atoms with Crippen molar-refractivity contribution in [1.29, 1.82) is 5.26 Å². The Hall–Kier alpha value is -3.26. The van der Waals surface area contributed by atoms with Gasteiger partial charge in [-0.15, -0.1) is 0 Å². The molecule has 0 saturated carbocycles. The number of para-hydroxylation sites is 1. The van der Waals surface area contributed by atoms with Crippen LogP contribution in [0.1, 0.15) is 17.5 Å². The summed E-state index contributed by atoms with van der Waals surface area (Å²) in [4.78, 5) is 12.3. The molecule has 0 spiro atoms. The van der Waals surface area contributed by atoms with Crippen LogP contribution in [0.2, 0.25) is 0 Å². The van der Waals surface area contributed by atoms with Gasteiger partial charge in [-0.1, -0.05) is 42.5 Å². The first kappa shape index (κ1) is 16.6. The molecule has 0 radical (unpaired) electrons. The number of hydrogen-bond donors (Lipinski definition) is 1. The molecule has 1 aliphatic rings. The zero-order valence-electron chi connectivity index (χ0n) is 13.7. The van der Waals surface area contributed by atoms with Crippen LogP contribution >= 0.6 is 0 Å². The summed E-state index contributed by atoms with van der Waals surface area (Å²) >= 11 is 0. The monoisotopic (exact) mass is 334 g/mol. The van der Waals surface area contributed by atoms with E-state index in [0.29, 0.717) is 36.8 Å². The molecule has 0 atom stereocenters. The van der Waals surface area contributed by atoms with Gasteiger partial charge in [-0.3, -0.25) is 4.79 Å². The van der Waals surface area contributed by atoms with Crippen molar-refractivity contribution in [3.63, 3.8) is 0 Å². The van der Waals surface area contributed by atoms with E-state index in [1.165, 1.54) is 6.08 Å². The summed E-state index contributed by atoms with van der Waals surface area (Å²) in [7, 11) is 0. The van der Waals surface area contributed by atoms with Gasteiger partial charge in [-0.2, -0.15) is 5.26 Å². The van der Waals surface area contributed by atoms with E-state index in [4.69, 9.17) is 9.47 Å². The van der Waals surface area contributed by atoms with Crippen molar-refractivity contribution in [2.75, 3.05) is 13.2 Å². The molecular weight excluding hydrogens is 316 g/mol. The summed E-state index contributed by atoms with van der Waals surface area (Å²) in [6.45, 7) is 1.49. The van der Waals surface area contributed by atoms with Crippen molar-refractivity contribution < 1.29 is 14.3 Å². The highest BCUT2D eigenvalue weighted by atomic mass is 16.5. The van der Waals surface area contributed by atoms with E-state index in [0.717, 1.165) is 12.0 Å². The fourth-order valence-electron chi connectivity index (χ4n) is 2.51. The predicted octanol–water partition coefficient (Wildman–Crippen LogP) is 3.07. The maximum atomic E-state index is 12.3. The lowest BCUT2D eigenvalue weighted by molar-refractivity contribution is -0.117. The summed E-state index contributed by atoms with van der Waals surface area (Å²) in [6, 6.07) is 16.9. The van der Waals surface area contributed by atoms with E-state index in [9.17, 15) is 10.1 Å². The third-order valence-corrected chi connectivity index (χ3v) is 3.76. The molecule has 5 nitrogen and oxygen atoms in total. The van der Waals surface area contributed by atoms with Crippen molar-refractivity contribution in [3.05, 3.63) is 65.2 Å². The standard InChI is InChI=1S/C20H18N2O3/c21-13-17(20(23)22-14-15-6-2-1-3-7-15)12-16-8-4-9-18-19(16)25-11-5-10-24-18/h1-4,6-9,12H,5,10-11,14H2,(H,22,23)/b17-12-. The van der Waals surface area contributed by atoms with Gasteiger partial charge in [0.15, 0.2) is 11.5 Å². The van der Waals surface area contributed by atoms with Crippen LogP contribution in [0, 0.1) is 11.3 Å². The Morgan fingerprint density at radius 1 is 1.12 bits per heavy atom. The molecule has 0 aromatic heterocycles. The fraction of sp³-hybridized carbons (Fsp3) is 0.200. The average Bonchev–Trinajstić information content (AvgIpc) is 2.91. The van der Waals surface area contributed by atoms with Gasteiger partial charge in [0.25, 0.3) is 5.91 Å². The molecule has 1 aliphatic heterocycles. The zero-order chi connectivity index (χ0) is 17.5. The van der Waals surface area contributed by atoms with E-state index in [-0.39, 0.29) is 5.57 Å². The van der Waals surface area contributed by atoms with Gasteiger partial charge in [0.2, 0.25) is 0 Å². The summed E-state index contributed by atoms with van der Waals surface area (Å²) in [5.74, 6) is 0.787. The third-order valence-electron chi connectivity index (χ3n) is 3.76. The number of carbonyl (C=O) groups is 1. The molecule has 5 heteroatoms. The Morgan fingerprint density at radius 2 is 1.92 bits per heavy atom. The number of benzene rings is 2. The lowest BCUT2D eigenvalue weighted by Gasteiger charge is -2.10. The second-order valence-electron chi connectivity index (χ2n) is 5.56. The van der Waals surface area contributed by atoms with Crippen LogP contribution in [0.3, 0.4) is 0 Å². The van der Waals surface area contributed by atoms with E-state index in [2.05, 4.69) is 5.32 Å². The molecule has 1 amide bonds. The number of ether oxygens (including phenoxy) is 2. The van der Waals surface area contributed by atoms with E-state index in [1.807, 2.05) is 48.5 Å². The maximum absolute atomic E-state index is 12.3. The van der Waals surface area contributed by atoms with Gasteiger partial charge in [0, 0.05) is 18.5 Å². The molecular formula is C20H18N2O3. The molecule has 0 bridgehead atoms. The minimum absolute atomic E-state index is 0.0252. The summed E-state index contributed by atoms with van der Waals surface area (Å²) in [5, 5.41) is 12.1. The van der Waals surface area contributed by atoms with Crippen LogP contribution in [0.5, 0.6) is 11.5 Å². The first-order valence-corrected chi connectivity index (χ1v) is 8.10. The number of nitriles is 1. The SMILES string of the molecule is N#C/C(=C/c1cccc2c1OCCCO2)C(=O)NCc1ccccc1.